The van der Waals surface area contributed by atoms with E-state index in [0.717, 1.165) is 12.0 Å². The lowest BCUT2D eigenvalue weighted by atomic mass is 9.80. The number of fused-ring (bicyclic) bond motifs is 3. The van der Waals surface area contributed by atoms with Gasteiger partial charge in [0.1, 0.15) is 5.78 Å². The van der Waals surface area contributed by atoms with Crippen molar-refractivity contribution < 1.29 is 37.6 Å². The van der Waals surface area contributed by atoms with E-state index in [1.807, 2.05) is 0 Å². The minimum Gasteiger partial charge on any atom is -0.493 e. The number of piperidine rings is 1. The molecule has 0 N–H and O–H groups in total. The number of methoxy groups -OCH3 is 2. The van der Waals surface area contributed by atoms with Gasteiger partial charge < -0.3 is 9.47 Å². The van der Waals surface area contributed by atoms with Gasteiger partial charge in [0.25, 0.3) is 0 Å². The topological polar surface area (TPSA) is 38.8 Å². The molecule has 3 rings (SSSR count). The highest BCUT2D eigenvalue weighted by Gasteiger charge is 2.38. The van der Waals surface area contributed by atoms with Gasteiger partial charge in [0.2, 0.25) is 0 Å². The van der Waals surface area contributed by atoms with E-state index in [1.165, 1.54) is 0 Å². The van der Waals surface area contributed by atoms with Gasteiger partial charge in [-0.05, 0) is 41.9 Å². The fraction of sp³-hybridized carbons (Fsp3) is 0.632. The van der Waals surface area contributed by atoms with Crippen LogP contribution in [0.15, 0.2) is 12.1 Å². The van der Waals surface area contributed by atoms with Gasteiger partial charge in [-0.2, -0.15) is 0 Å². The van der Waals surface area contributed by atoms with E-state index in [4.69, 9.17) is 32.8 Å². The highest BCUT2D eigenvalue weighted by atomic mass is 16.5. The molecule has 2 heterocycles. The lowest BCUT2D eigenvalue weighted by molar-refractivity contribution is -0.129. The van der Waals surface area contributed by atoms with Crippen LogP contribution in [0, 0.1) is 11.8 Å². The number of hydrogen-bond acceptors (Lipinski definition) is 4. The van der Waals surface area contributed by atoms with Gasteiger partial charge in [0, 0.05) is 47.8 Å². The van der Waals surface area contributed by atoms with Crippen molar-refractivity contribution in [1.82, 2.24) is 4.90 Å². The summed E-state index contributed by atoms with van der Waals surface area (Å²) in [6.07, 6.45) is -7.41. The number of Topliss-reactive ketones (excluding diaryl/α,β-unsaturated/α-hetero) is 1. The third kappa shape index (κ3) is 3.09. The minimum atomic E-state index is -4.02. The highest BCUT2D eigenvalue weighted by Crippen LogP contribution is 2.42. The molecule has 4 nitrogen and oxygen atoms in total. The molecule has 0 spiro atoms. The molecule has 1 fully saturated rings. The van der Waals surface area contributed by atoms with Gasteiger partial charge in [-0.25, -0.2) is 0 Å². The Morgan fingerprint density at radius 3 is 3.13 bits per heavy atom. The van der Waals surface area contributed by atoms with Crippen molar-refractivity contribution in [3.63, 3.8) is 0 Å². The van der Waals surface area contributed by atoms with Crippen LogP contribution in [0.2, 0.25) is 0 Å². The zero-order valence-corrected chi connectivity index (χ0v) is 12.4. The van der Waals surface area contributed by atoms with Crippen LogP contribution in [0.25, 0.3) is 0 Å². The Labute approximate surface area is 162 Å². The Kier molecular flexibility index (Phi) is 1.55. The second kappa shape index (κ2) is 6.52. The maximum atomic E-state index is 13.7. The molecule has 23 heavy (non-hydrogen) atoms. The van der Waals surface area contributed by atoms with Gasteiger partial charge in [-0.15, -0.1) is 0 Å². The number of nitrogens with zero attached hydrogens (tertiary/aromatic N) is 1. The Hall–Kier alpha value is -1.55. The Balaban J connectivity index is 2.29. The molecule has 0 amide bonds. The van der Waals surface area contributed by atoms with Gasteiger partial charge in [-0.1, -0.05) is 13.7 Å². The van der Waals surface area contributed by atoms with Crippen molar-refractivity contribution in [2.75, 3.05) is 27.2 Å². The molecule has 1 aromatic carbocycles. The number of hydrogen-bond donors (Lipinski definition) is 0. The van der Waals surface area contributed by atoms with Crippen LogP contribution in [0.3, 0.4) is 0 Å². The Morgan fingerprint density at radius 1 is 1.57 bits per heavy atom. The van der Waals surface area contributed by atoms with Gasteiger partial charge in [-0.3, -0.25) is 9.69 Å². The van der Waals surface area contributed by atoms with Crippen molar-refractivity contribution in [3.05, 3.63) is 23.2 Å². The quantitative estimate of drug-likeness (QED) is 0.847. The van der Waals surface area contributed by atoms with Gasteiger partial charge in [0.15, 0.2) is 11.5 Å². The molecule has 1 saturated heterocycles. The third-order valence-corrected chi connectivity index (χ3v) is 3.82. The van der Waals surface area contributed by atoms with Crippen LogP contribution in [0.5, 0.6) is 11.5 Å². The van der Waals surface area contributed by atoms with Crippen LogP contribution < -0.4 is 9.47 Å². The zero-order chi connectivity index (χ0) is 31.2. The number of benzene rings is 1. The zero-order valence-electron chi connectivity index (χ0n) is 29.4. The van der Waals surface area contributed by atoms with Crippen LogP contribution in [0.4, 0.5) is 0 Å². The largest absolute Gasteiger partial charge is 0.493 e. The van der Waals surface area contributed by atoms with Crippen LogP contribution in [-0.4, -0.2) is 37.9 Å². The first-order chi connectivity index (χ1) is 17.7. The molecule has 2 aliphatic heterocycles. The van der Waals surface area contributed by atoms with Crippen LogP contribution in [-0.2, 0) is 11.2 Å². The minimum absolute atomic E-state index is 0.0120. The molecule has 0 aliphatic carbocycles. The monoisotopic (exact) mass is 334 g/mol. The second-order valence-electron chi connectivity index (χ2n) is 5.18. The van der Waals surface area contributed by atoms with Gasteiger partial charge in [0.05, 0.1) is 21.0 Å². The number of ether oxygens (including phenoxy) is 2. The van der Waals surface area contributed by atoms with E-state index in [0.29, 0.717) is 0 Å². The summed E-state index contributed by atoms with van der Waals surface area (Å²) in [5.41, 5.74) is -0.334. The van der Waals surface area contributed by atoms with Crippen molar-refractivity contribution in [2.45, 2.75) is 38.9 Å². The Bertz CT molecular complexity index is 1190. The Morgan fingerprint density at radius 2 is 2.39 bits per heavy atom. The summed E-state index contributed by atoms with van der Waals surface area (Å²) >= 11 is 0. The summed E-state index contributed by atoms with van der Waals surface area (Å²) in [6, 6.07) is -2.96. The molecule has 0 bridgehead atoms. The summed E-state index contributed by atoms with van der Waals surface area (Å²) in [4.78, 5) is 14.7. The predicted octanol–water partition coefficient (Wildman–Crippen LogP) is 3.24. The van der Waals surface area contributed by atoms with E-state index >= 15 is 0 Å². The summed E-state index contributed by atoms with van der Waals surface area (Å²) in [6.45, 7) is -9.06. The molecular formula is C19H27NO3. The van der Waals surface area contributed by atoms with Crippen molar-refractivity contribution in [2.24, 2.45) is 11.8 Å². The predicted molar refractivity (Wildman–Crippen MR) is 90.1 cm³/mol. The first-order valence-corrected chi connectivity index (χ1v) is 6.90. The fourth-order valence-corrected chi connectivity index (χ4v) is 2.80. The molecule has 2 atom stereocenters. The van der Waals surface area contributed by atoms with Crippen LogP contribution >= 0.6 is 0 Å². The smallest absolute Gasteiger partial charge is 0.161 e. The molecule has 2 aliphatic rings. The van der Waals surface area contributed by atoms with Crippen LogP contribution in [0.1, 0.15) is 66.9 Å². The van der Waals surface area contributed by atoms with Crippen molar-refractivity contribution >= 4 is 5.78 Å². The molecule has 126 valence electrons. The molecule has 0 radical (unpaired) electrons. The molecular weight excluding hydrogens is 290 g/mol. The number of rotatable bonds is 4. The average molecular weight is 335 g/mol. The summed E-state index contributed by atoms with van der Waals surface area (Å²) in [5, 5.41) is 0. The summed E-state index contributed by atoms with van der Waals surface area (Å²) in [5.74, 6) is -10.5. The fourth-order valence-electron chi connectivity index (χ4n) is 2.80. The van der Waals surface area contributed by atoms with Crippen molar-refractivity contribution in [3.8, 4) is 11.5 Å². The number of carbonyl (C=O) groups is 1. The maximum absolute atomic E-state index is 13.7. The average Bonchev–Trinajstić information content (AvgIpc) is 2.77. The van der Waals surface area contributed by atoms with E-state index in [-0.39, 0.29) is 24.1 Å². The second-order valence-corrected chi connectivity index (χ2v) is 5.18. The molecule has 2 unspecified atom stereocenters. The van der Waals surface area contributed by atoms with E-state index in [2.05, 4.69) is 0 Å². The number of carbonyl (C=O) groups excluding carboxylic acids is 1. The van der Waals surface area contributed by atoms with Gasteiger partial charge >= 0.3 is 0 Å². The lowest BCUT2D eigenvalue weighted by Crippen LogP contribution is -2.46. The molecule has 1 aromatic rings. The van der Waals surface area contributed by atoms with E-state index in [1.54, 1.807) is 0 Å². The van der Waals surface area contributed by atoms with E-state index in [9.17, 15) is 4.79 Å². The molecule has 0 aromatic heterocycles. The van der Waals surface area contributed by atoms with Crippen molar-refractivity contribution in [1.29, 1.82) is 0 Å². The molecule has 0 saturated carbocycles. The lowest BCUT2D eigenvalue weighted by Gasteiger charge is -2.43. The number of ketones is 1. The summed E-state index contributed by atoms with van der Waals surface area (Å²) < 4.78 is 147. The first kappa shape index (κ1) is 5.48. The normalized spacial score (nSPS) is 43.3. The summed E-state index contributed by atoms with van der Waals surface area (Å²) in [7, 11) is -2.02. The highest BCUT2D eigenvalue weighted by molar-refractivity contribution is 5.83. The molecule has 4 heteroatoms. The first-order valence-electron chi connectivity index (χ1n) is 15.4. The standard InChI is InChI=1S/C19H27NO3/c1-12(2)7-14-11-20-6-5-13-8-18(22-3)19(23-4)9-15(13)16(20)10-17(14)21/h8-9,12,14,16H,5-7,10-11H2,1-4H3/i1D3,2D3,4D3,7D2,8D,9D,10D2,12D,14D. The third-order valence-electron chi connectivity index (χ3n) is 3.82. The maximum Gasteiger partial charge on any atom is 0.161 e. The SMILES string of the molecule is [2H]c1c2c(c([2H])c(OC([2H])([2H])[2H])c1OC)C1N(CC2)CC([2H])(C([2H])([2H])C([2H])(C([2H])([2H])[2H])C([2H])([2H])[2H])C(=O)C1([2H])[2H]. The van der Waals surface area contributed by atoms with E-state index < -0.39 is 87.2 Å².